The average Bonchev–Trinajstić information content (AvgIpc) is 2.38. The molecule has 0 heterocycles. The first-order chi connectivity index (χ1) is 9.35. The van der Waals surface area contributed by atoms with Gasteiger partial charge in [-0.3, -0.25) is 0 Å². The van der Waals surface area contributed by atoms with Crippen LogP contribution < -0.4 is 10.6 Å². The first-order valence-corrected chi connectivity index (χ1v) is 6.50. The smallest absolute Gasteiger partial charge is 0.383 e. The van der Waals surface area contributed by atoms with Crippen LogP contribution in [0.3, 0.4) is 0 Å². The fourth-order valence-electron chi connectivity index (χ4n) is 2.28. The number of anilines is 1. The highest BCUT2D eigenvalue weighted by molar-refractivity contribution is 5.52. The number of alkyl halides is 3. The van der Waals surface area contributed by atoms with Crippen LogP contribution in [0.25, 0.3) is 0 Å². The molecule has 1 atom stereocenters. The van der Waals surface area contributed by atoms with E-state index in [-0.39, 0.29) is 18.2 Å². The van der Waals surface area contributed by atoms with Gasteiger partial charge in [0.15, 0.2) is 0 Å². The number of hydrogen-bond acceptors (Lipinski definition) is 3. The summed E-state index contributed by atoms with van der Waals surface area (Å²) >= 11 is 0. The Morgan fingerprint density at radius 1 is 1.35 bits per heavy atom. The second kappa shape index (κ2) is 6.95. The largest absolute Gasteiger partial charge is 0.416 e. The van der Waals surface area contributed by atoms with E-state index < -0.39 is 11.7 Å². The molecule has 1 unspecified atom stereocenters. The zero-order valence-corrected chi connectivity index (χ0v) is 12.0. The maximum atomic E-state index is 12.8. The highest BCUT2D eigenvalue weighted by atomic mass is 19.4. The third kappa shape index (κ3) is 3.86. The molecular weight excluding hydrogens is 269 g/mol. The van der Waals surface area contributed by atoms with Crippen molar-refractivity contribution >= 4 is 5.69 Å². The van der Waals surface area contributed by atoms with Crippen LogP contribution in [0.4, 0.5) is 18.9 Å². The number of nitrogens with zero attached hydrogens (tertiary/aromatic N) is 1. The van der Waals surface area contributed by atoms with Gasteiger partial charge in [-0.25, -0.2) is 0 Å². The monoisotopic (exact) mass is 290 g/mol. The molecule has 0 aliphatic heterocycles. The van der Waals surface area contributed by atoms with Crippen LogP contribution in [0.15, 0.2) is 18.2 Å². The normalized spacial score (nSPS) is 13.3. The molecular formula is C14H21F3N2O. The summed E-state index contributed by atoms with van der Waals surface area (Å²) in [6.45, 7) is 4.96. The number of likely N-dealkylation sites (N-methyl/N-ethyl adjacent to an activating group) is 1. The predicted octanol–water partition coefficient (Wildman–Crippen LogP) is 3.03. The molecule has 1 aromatic rings. The second-order valence-corrected chi connectivity index (χ2v) is 4.63. The van der Waals surface area contributed by atoms with Crippen LogP contribution in [-0.2, 0) is 17.5 Å². The van der Waals surface area contributed by atoms with E-state index in [0.29, 0.717) is 13.2 Å². The van der Waals surface area contributed by atoms with Crippen molar-refractivity contribution in [2.75, 3.05) is 25.2 Å². The maximum Gasteiger partial charge on any atom is 0.416 e. The summed E-state index contributed by atoms with van der Waals surface area (Å²) in [7, 11) is 1.60. The van der Waals surface area contributed by atoms with Crippen LogP contribution in [0.5, 0.6) is 0 Å². The number of halogens is 3. The topological polar surface area (TPSA) is 38.5 Å². The molecule has 2 N–H and O–H groups in total. The minimum Gasteiger partial charge on any atom is -0.383 e. The number of hydrogen-bond donors (Lipinski definition) is 1. The molecule has 3 nitrogen and oxygen atoms in total. The molecule has 1 aromatic carbocycles. The lowest BCUT2D eigenvalue weighted by Gasteiger charge is -2.30. The van der Waals surface area contributed by atoms with Crippen molar-refractivity contribution in [2.45, 2.75) is 32.6 Å². The average molecular weight is 290 g/mol. The molecule has 1 rings (SSSR count). The molecule has 6 heteroatoms. The Kier molecular flexibility index (Phi) is 5.83. The minimum absolute atomic E-state index is 0.0763. The molecule has 0 saturated heterocycles. The van der Waals surface area contributed by atoms with E-state index in [1.165, 1.54) is 12.1 Å². The van der Waals surface area contributed by atoms with Gasteiger partial charge in [0.2, 0.25) is 0 Å². The van der Waals surface area contributed by atoms with E-state index in [4.69, 9.17) is 10.5 Å². The quantitative estimate of drug-likeness (QED) is 0.875. The van der Waals surface area contributed by atoms with Gasteiger partial charge in [0.05, 0.1) is 12.2 Å². The number of ether oxygens (including phenoxy) is 1. The van der Waals surface area contributed by atoms with E-state index in [1.54, 1.807) is 7.11 Å². The molecule has 0 aromatic heterocycles. The van der Waals surface area contributed by atoms with Gasteiger partial charge in [0.1, 0.15) is 0 Å². The molecule has 0 radical (unpaired) electrons. The zero-order chi connectivity index (χ0) is 15.3. The molecule has 0 saturated carbocycles. The van der Waals surface area contributed by atoms with Gasteiger partial charge in [-0.15, -0.1) is 0 Å². The third-order valence-electron chi connectivity index (χ3n) is 3.23. The molecule has 20 heavy (non-hydrogen) atoms. The maximum absolute atomic E-state index is 12.8. The van der Waals surface area contributed by atoms with E-state index in [9.17, 15) is 13.2 Å². The van der Waals surface area contributed by atoms with Gasteiger partial charge in [0, 0.05) is 31.9 Å². The van der Waals surface area contributed by atoms with Gasteiger partial charge in [-0.1, -0.05) is 0 Å². The Labute approximate surface area is 117 Å². The standard InChI is InChI=1S/C14H21F3N2O/c1-4-19(10(2)9-20-3)12-5-6-13(14(15,16)17)11(7-12)8-18/h5-7,10H,4,8-9,18H2,1-3H3. The molecule has 114 valence electrons. The Balaban J connectivity index is 3.14. The molecule has 0 aliphatic rings. The Morgan fingerprint density at radius 3 is 2.45 bits per heavy atom. The molecule has 0 amide bonds. The Bertz CT molecular complexity index is 435. The molecule has 0 aliphatic carbocycles. The van der Waals surface area contributed by atoms with E-state index >= 15 is 0 Å². The summed E-state index contributed by atoms with van der Waals surface area (Å²) in [6, 6.07) is 4.17. The summed E-state index contributed by atoms with van der Waals surface area (Å²) in [4.78, 5) is 1.99. The Morgan fingerprint density at radius 2 is 2.00 bits per heavy atom. The van der Waals surface area contributed by atoms with Crippen LogP contribution in [0.2, 0.25) is 0 Å². The predicted molar refractivity (Wildman–Crippen MR) is 73.7 cm³/mol. The van der Waals surface area contributed by atoms with Gasteiger partial charge in [-0.2, -0.15) is 13.2 Å². The first-order valence-electron chi connectivity index (χ1n) is 6.50. The van der Waals surface area contributed by atoms with Crippen molar-refractivity contribution in [1.29, 1.82) is 0 Å². The number of rotatable bonds is 6. The first kappa shape index (κ1) is 16.8. The molecule has 0 bridgehead atoms. The number of nitrogens with two attached hydrogens (primary N) is 1. The summed E-state index contributed by atoms with van der Waals surface area (Å²) in [5.74, 6) is 0. The third-order valence-corrected chi connectivity index (χ3v) is 3.23. The van der Waals surface area contributed by atoms with Crippen molar-refractivity contribution in [3.63, 3.8) is 0 Å². The van der Waals surface area contributed by atoms with Crippen LogP contribution >= 0.6 is 0 Å². The van der Waals surface area contributed by atoms with Gasteiger partial charge in [-0.05, 0) is 37.6 Å². The van der Waals surface area contributed by atoms with Crippen LogP contribution in [0.1, 0.15) is 25.0 Å². The lowest BCUT2D eigenvalue weighted by atomic mass is 10.0. The highest BCUT2D eigenvalue weighted by Gasteiger charge is 2.33. The lowest BCUT2D eigenvalue weighted by molar-refractivity contribution is -0.138. The van der Waals surface area contributed by atoms with Crippen molar-refractivity contribution < 1.29 is 17.9 Å². The zero-order valence-electron chi connectivity index (χ0n) is 12.0. The van der Waals surface area contributed by atoms with E-state index in [1.807, 2.05) is 18.7 Å². The fraction of sp³-hybridized carbons (Fsp3) is 0.571. The van der Waals surface area contributed by atoms with Crippen LogP contribution in [0, 0.1) is 0 Å². The lowest BCUT2D eigenvalue weighted by Crippen LogP contribution is -2.36. The van der Waals surface area contributed by atoms with Crippen molar-refractivity contribution in [3.05, 3.63) is 29.3 Å². The van der Waals surface area contributed by atoms with E-state index in [2.05, 4.69) is 0 Å². The van der Waals surface area contributed by atoms with E-state index in [0.717, 1.165) is 11.8 Å². The molecule has 0 spiro atoms. The van der Waals surface area contributed by atoms with Crippen molar-refractivity contribution in [3.8, 4) is 0 Å². The van der Waals surface area contributed by atoms with Crippen LogP contribution in [-0.4, -0.2) is 26.3 Å². The van der Waals surface area contributed by atoms with Gasteiger partial charge in [0.25, 0.3) is 0 Å². The fourth-order valence-corrected chi connectivity index (χ4v) is 2.28. The summed E-state index contributed by atoms with van der Waals surface area (Å²) in [6.07, 6.45) is -4.37. The number of methoxy groups -OCH3 is 1. The van der Waals surface area contributed by atoms with Crippen molar-refractivity contribution in [2.24, 2.45) is 5.73 Å². The van der Waals surface area contributed by atoms with Gasteiger partial charge < -0.3 is 15.4 Å². The SMILES string of the molecule is CCN(c1ccc(C(F)(F)F)c(CN)c1)C(C)COC. The highest BCUT2D eigenvalue weighted by Crippen LogP contribution is 2.34. The Hall–Kier alpha value is -1.27. The minimum atomic E-state index is -4.37. The summed E-state index contributed by atoms with van der Waals surface area (Å²) in [5, 5.41) is 0. The van der Waals surface area contributed by atoms with Gasteiger partial charge >= 0.3 is 6.18 Å². The molecule has 0 fully saturated rings. The second-order valence-electron chi connectivity index (χ2n) is 4.63. The summed E-state index contributed by atoms with van der Waals surface area (Å²) in [5.41, 5.74) is 5.62. The van der Waals surface area contributed by atoms with Crippen molar-refractivity contribution in [1.82, 2.24) is 0 Å². The number of benzene rings is 1. The summed E-state index contributed by atoms with van der Waals surface area (Å²) < 4.78 is 43.6.